The van der Waals surface area contributed by atoms with Crippen LogP contribution in [0.25, 0.3) is 0 Å². The van der Waals surface area contributed by atoms with Crippen LogP contribution < -0.4 is 4.74 Å². The van der Waals surface area contributed by atoms with Crippen LogP contribution in [0, 0.1) is 0 Å². The van der Waals surface area contributed by atoms with Gasteiger partial charge in [-0.1, -0.05) is 0 Å². The van der Waals surface area contributed by atoms with Gasteiger partial charge in [0.15, 0.2) is 0 Å². The van der Waals surface area contributed by atoms with Crippen molar-refractivity contribution >= 4 is 21.9 Å². The second-order valence-corrected chi connectivity index (χ2v) is 8.63. The Morgan fingerprint density at radius 2 is 1.92 bits per heavy atom. The molecule has 2 bridgehead atoms. The minimum Gasteiger partial charge on any atom is -0.473 e. The number of rotatable bonds is 3. The van der Waals surface area contributed by atoms with E-state index in [0.29, 0.717) is 28.0 Å². The summed E-state index contributed by atoms with van der Waals surface area (Å²) in [5.74, 6) is 0.177. The van der Waals surface area contributed by atoms with Crippen molar-refractivity contribution in [3.63, 3.8) is 0 Å². The van der Waals surface area contributed by atoms with Gasteiger partial charge in [0.1, 0.15) is 11.7 Å². The number of carbonyl (C=O) groups excluding carboxylic acids is 1. The van der Waals surface area contributed by atoms with Crippen molar-refractivity contribution in [1.29, 1.82) is 0 Å². The summed E-state index contributed by atoms with van der Waals surface area (Å²) in [6.07, 6.45) is 6.30. The van der Waals surface area contributed by atoms with Crippen LogP contribution in [0.2, 0.25) is 0 Å². The van der Waals surface area contributed by atoms with E-state index in [-0.39, 0.29) is 12.1 Å². The van der Waals surface area contributed by atoms with E-state index in [1.807, 2.05) is 20.8 Å². The lowest BCUT2D eigenvalue weighted by atomic mass is 10.0. The van der Waals surface area contributed by atoms with Crippen molar-refractivity contribution in [2.75, 3.05) is 7.05 Å². The molecule has 2 fully saturated rings. The lowest BCUT2D eigenvalue weighted by Crippen LogP contribution is -2.43. The first-order valence-electron chi connectivity index (χ1n) is 8.50. The summed E-state index contributed by atoms with van der Waals surface area (Å²) in [7, 11) is 2.21. The number of ether oxygens (including phenoxy) is 2. The quantitative estimate of drug-likeness (QED) is 0.727. The molecule has 0 unspecified atom stereocenters. The van der Waals surface area contributed by atoms with E-state index in [9.17, 15) is 4.79 Å². The first-order valence-corrected chi connectivity index (χ1v) is 9.30. The van der Waals surface area contributed by atoms with Crippen molar-refractivity contribution in [3.05, 3.63) is 22.3 Å². The maximum Gasteiger partial charge on any atom is 0.340 e. The number of carbonyl (C=O) groups is 1. The van der Waals surface area contributed by atoms with E-state index in [0.717, 1.165) is 12.8 Å². The zero-order valence-corrected chi connectivity index (χ0v) is 16.3. The van der Waals surface area contributed by atoms with Gasteiger partial charge in [-0.3, -0.25) is 0 Å². The summed E-state index contributed by atoms with van der Waals surface area (Å²) in [6.45, 7) is 5.54. The maximum absolute atomic E-state index is 12.1. The predicted molar refractivity (Wildman–Crippen MR) is 95.3 cm³/mol. The van der Waals surface area contributed by atoms with E-state index in [1.54, 1.807) is 6.07 Å². The first-order chi connectivity index (χ1) is 11.2. The first kappa shape index (κ1) is 17.7. The monoisotopic (exact) mass is 396 g/mol. The second kappa shape index (κ2) is 6.64. The molecule has 0 N–H and O–H groups in total. The standard InChI is InChI=1S/C18H25BrN2O3/c1-18(2,3)24-17(22)11-7-15(19)16(20-10-11)23-14-8-12-5-6-13(9-14)21(12)4/h7,10,12-14H,5-6,8-9H2,1-4H3/t12-,13+,14+. The van der Waals surface area contributed by atoms with Gasteiger partial charge in [-0.25, -0.2) is 9.78 Å². The normalized spacial score (nSPS) is 27.1. The molecule has 2 saturated heterocycles. The zero-order valence-electron chi connectivity index (χ0n) is 14.7. The SMILES string of the molecule is CN1[C@@H]2CC[C@H]1C[C@@H](Oc1ncc(C(=O)OC(C)(C)C)cc1Br)C2. The number of piperidine rings is 1. The van der Waals surface area contributed by atoms with Crippen LogP contribution in [-0.2, 0) is 4.74 Å². The molecule has 3 rings (SSSR count). The minimum absolute atomic E-state index is 0.190. The fraction of sp³-hybridized carbons (Fsp3) is 0.667. The molecular formula is C18H25BrN2O3. The van der Waals surface area contributed by atoms with Crippen LogP contribution >= 0.6 is 15.9 Å². The molecule has 132 valence electrons. The van der Waals surface area contributed by atoms with E-state index in [2.05, 4.69) is 32.9 Å². The summed E-state index contributed by atoms with van der Waals surface area (Å²) >= 11 is 3.47. The van der Waals surface area contributed by atoms with Crippen molar-refractivity contribution in [3.8, 4) is 5.88 Å². The lowest BCUT2D eigenvalue weighted by Gasteiger charge is -2.36. The predicted octanol–water partition coefficient (Wildman–Crippen LogP) is 3.80. The largest absolute Gasteiger partial charge is 0.473 e. The van der Waals surface area contributed by atoms with Gasteiger partial charge in [0, 0.05) is 18.3 Å². The Hall–Kier alpha value is -1.14. The highest BCUT2D eigenvalue weighted by molar-refractivity contribution is 9.10. The molecule has 0 aliphatic carbocycles. The number of pyridine rings is 1. The molecule has 3 heterocycles. The molecule has 0 spiro atoms. The highest BCUT2D eigenvalue weighted by Gasteiger charge is 2.39. The fourth-order valence-electron chi connectivity index (χ4n) is 3.58. The Morgan fingerprint density at radius 3 is 2.46 bits per heavy atom. The van der Waals surface area contributed by atoms with Gasteiger partial charge in [0.25, 0.3) is 0 Å². The number of nitrogens with zero attached hydrogens (tertiary/aromatic N) is 2. The molecule has 0 radical (unpaired) electrons. The Balaban J connectivity index is 1.66. The molecule has 24 heavy (non-hydrogen) atoms. The lowest BCUT2D eigenvalue weighted by molar-refractivity contribution is 0.00688. The minimum atomic E-state index is -0.522. The van der Waals surface area contributed by atoms with Crippen molar-refractivity contribution in [1.82, 2.24) is 9.88 Å². The summed E-state index contributed by atoms with van der Waals surface area (Å²) in [4.78, 5) is 18.9. The highest BCUT2D eigenvalue weighted by Crippen LogP contribution is 2.36. The van der Waals surface area contributed by atoms with E-state index >= 15 is 0 Å². The fourth-order valence-corrected chi connectivity index (χ4v) is 4.02. The van der Waals surface area contributed by atoms with Gasteiger partial charge in [-0.15, -0.1) is 0 Å². The summed E-state index contributed by atoms with van der Waals surface area (Å²) < 4.78 is 12.2. The number of halogens is 1. The number of hydrogen-bond acceptors (Lipinski definition) is 5. The number of aromatic nitrogens is 1. The molecule has 0 aromatic carbocycles. The van der Waals surface area contributed by atoms with Crippen LogP contribution in [-0.4, -0.2) is 46.7 Å². The van der Waals surface area contributed by atoms with Crippen LogP contribution in [0.5, 0.6) is 5.88 Å². The Bertz CT molecular complexity index is 615. The van der Waals surface area contributed by atoms with Gasteiger partial charge < -0.3 is 14.4 Å². The van der Waals surface area contributed by atoms with Crippen molar-refractivity contribution in [2.24, 2.45) is 0 Å². The van der Waals surface area contributed by atoms with Crippen LogP contribution in [0.1, 0.15) is 56.8 Å². The molecular weight excluding hydrogens is 372 g/mol. The Morgan fingerprint density at radius 1 is 1.29 bits per heavy atom. The summed E-state index contributed by atoms with van der Waals surface area (Å²) in [6, 6.07) is 2.96. The molecule has 3 atom stereocenters. The van der Waals surface area contributed by atoms with Gasteiger partial charge >= 0.3 is 5.97 Å². The average Bonchev–Trinajstić information content (AvgIpc) is 2.70. The van der Waals surface area contributed by atoms with Gasteiger partial charge in [-0.05, 0) is 75.5 Å². The molecule has 0 amide bonds. The third-order valence-electron chi connectivity index (χ3n) is 4.78. The molecule has 1 aromatic heterocycles. The van der Waals surface area contributed by atoms with E-state index in [1.165, 1.54) is 19.0 Å². The van der Waals surface area contributed by atoms with Crippen LogP contribution in [0.15, 0.2) is 16.7 Å². The third kappa shape index (κ3) is 3.91. The second-order valence-electron chi connectivity index (χ2n) is 7.77. The molecule has 6 heteroatoms. The molecule has 5 nitrogen and oxygen atoms in total. The molecule has 2 aliphatic rings. The van der Waals surface area contributed by atoms with Crippen molar-refractivity contribution < 1.29 is 14.3 Å². The summed E-state index contributed by atoms with van der Waals surface area (Å²) in [5.41, 5.74) is -0.0980. The average molecular weight is 397 g/mol. The number of esters is 1. The number of hydrogen-bond donors (Lipinski definition) is 0. The molecule has 1 aromatic rings. The summed E-state index contributed by atoms with van der Waals surface area (Å²) in [5, 5.41) is 0. The van der Waals surface area contributed by atoms with Crippen molar-refractivity contribution in [2.45, 2.75) is 70.2 Å². The Kier molecular flexibility index (Phi) is 4.89. The zero-order chi connectivity index (χ0) is 17.5. The smallest absolute Gasteiger partial charge is 0.340 e. The van der Waals surface area contributed by atoms with Gasteiger partial charge in [0.2, 0.25) is 5.88 Å². The topological polar surface area (TPSA) is 51.7 Å². The Labute approximate surface area is 151 Å². The third-order valence-corrected chi connectivity index (χ3v) is 5.34. The van der Waals surface area contributed by atoms with Gasteiger partial charge in [0.05, 0.1) is 10.0 Å². The maximum atomic E-state index is 12.1. The van der Waals surface area contributed by atoms with E-state index in [4.69, 9.17) is 9.47 Å². The van der Waals surface area contributed by atoms with Crippen LogP contribution in [0.4, 0.5) is 0 Å². The molecule has 2 aliphatic heterocycles. The van der Waals surface area contributed by atoms with E-state index < -0.39 is 5.60 Å². The number of fused-ring (bicyclic) bond motifs is 2. The van der Waals surface area contributed by atoms with Gasteiger partial charge in [-0.2, -0.15) is 0 Å². The van der Waals surface area contributed by atoms with Crippen LogP contribution in [0.3, 0.4) is 0 Å². The highest BCUT2D eigenvalue weighted by atomic mass is 79.9. The molecule has 0 saturated carbocycles.